The van der Waals surface area contributed by atoms with Gasteiger partial charge in [0.2, 0.25) is 0 Å². The summed E-state index contributed by atoms with van der Waals surface area (Å²) in [5.41, 5.74) is -0.331. The second-order valence-electron chi connectivity index (χ2n) is 2.77. The van der Waals surface area contributed by atoms with Crippen molar-refractivity contribution in [2.75, 3.05) is 0 Å². The molecule has 1 nitrogen and oxygen atoms in total. The fraction of sp³-hybridized carbons (Fsp3) is 0.714. The molecule has 0 bridgehead atoms. The zero-order valence-corrected chi connectivity index (χ0v) is 6.54. The van der Waals surface area contributed by atoms with Crippen molar-refractivity contribution >= 4 is 0 Å². The van der Waals surface area contributed by atoms with Crippen LogP contribution in [0.25, 0.3) is 0 Å². The summed E-state index contributed by atoms with van der Waals surface area (Å²) in [5.74, 6) is -6.39. The standard InChI is InChI=1S/C7H9F3O/c1-4-5(2)11-6(3,8)7(4,9)10/h1-3H3. The predicted molar refractivity (Wildman–Crippen MR) is 33.9 cm³/mol. The zero-order chi connectivity index (χ0) is 8.86. The molecule has 0 aliphatic carbocycles. The van der Waals surface area contributed by atoms with Crippen molar-refractivity contribution in [2.45, 2.75) is 32.5 Å². The molecule has 0 N–H and O–H groups in total. The molecule has 0 amide bonds. The molecule has 1 aliphatic heterocycles. The third kappa shape index (κ3) is 0.921. The van der Waals surface area contributed by atoms with Gasteiger partial charge in [0.05, 0.1) is 0 Å². The quantitative estimate of drug-likeness (QED) is 0.537. The lowest BCUT2D eigenvalue weighted by atomic mass is 10.1. The van der Waals surface area contributed by atoms with Crippen LogP contribution in [-0.2, 0) is 4.74 Å². The van der Waals surface area contributed by atoms with E-state index in [0.29, 0.717) is 0 Å². The average Bonchev–Trinajstić information content (AvgIpc) is 1.93. The molecule has 4 heteroatoms. The van der Waals surface area contributed by atoms with E-state index in [1.165, 1.54) is 13.8 Å². The van der Waals surface area contributed by atoms with Crippen LogP contribution in [0.1, 0.15) is 20.8 Å². The molecular formula is C7H9F3O. The SMILES string of the molecule is CC1=C(C)C(F)(F)C(C)(F)O1. The van der Waals surface area contributed by atoms with Gasteiger partial charge in [0.15, 0.2) is 0 Å². The van der Waals surface area contributed by atoms with Gasteiger partial charge in [-0.2, -0.15) is 13.2 Å². The van der Waals surface area contributed by atoms with Crippen molar-refractivity contribution < 1.29 is 17.9 Å². The molecule has 0 radical (unpaired) electrons. The molecule has 11 heavy (non-hydrogen) atoms. The maximum absolute atomic E-state index is 12.9. The van der Waals surface area contributed by atoms with Crippen LogP contribution in [0.2, 0.25) is 0 Å². The van der Waals surface area contributed by atoms with E-state index in [9.17, 15) is 13.2 Å². The van der Waals surface area contributed by atoms with Gasteiger partial charge < -0.3 is 4.74 Å². The van der Waals surface area contributed by atoms with Gasteiger partial charge in [-0.3, -0.25) is 0 Å². The summed E-state index contributed by atoms with van der Waals surface area (Å²) in [6.07, 6.45) is 0. The molecule has 0 spiro atoms. The van der Waals surface area contributed by atoms with E-state index < -0.39 is 11.8 Å². The first-order valence-corrected chi connectivity index (χ1v) is 3.23. The summed E-state index contributed by atoms with van der Waals surface area (Å²) in [5, 5.41) is 0. The molecule has 0 aromatic carbocycles. The minimum atomic E-state index is -3.49. The lowest BCUT2D eigenvalue weighted by molar-refractivity contribution is -0.207. The molecule has 0 saturated heterocycles. The lowest BCUT2D eigenvalue weighted by Gasteiger charge is -2.22. The topological polar surface area (TPSA) is 9.23 Å². The number of hydrogen-bond acceptors (Lipinski definition) is 1. The Labute approximate surface area is 62.8 Å². The maximum atomic E-state index is 12.9. The van der Waals surface area contributed by atoms with Crippen molar-refractivity contribution in [1.29, 1.82) is 0 Å². The fourth-order valence-corrected chi connectivity index (χ4v) is 0.984. The Morgan fingerprint density at radius 2 is 1.64 bits per heavy atom. The highest BCUT2D eigenvalue weighted by atomic mass is 19.3. The molecule has 1 heterocycles. The highest BCUT2D eigenvalue weighted by molar-refractivity contribution is 5.23. The molecule has 1 rings (SSSR count). The molecule has 0 aromatic heterocycles. The summed E-state index contributed by atoms with van der Waals surface area (Å²) in [6.45, 7) is 3.22. The van der Waals surface area contributed by atoms with Crippen molar-refractivity contribution in [1.82, 2.24) is 0 Å². The van der Waals surface area contributed by atoms with E-state index in [1.54, 1.807) is 0 Å². The summed E-state index contributed by atoms with van der Waals surface area (Å²) >= 11 is 0. The molecule has 64 valence electrons. The highest BCUT2D eigenvalue weighted by Gasteiger charge is 2.60. The number of hydrogen-bond donors (Lipinski definition) is 0. The number of alkyl halides is 3. The van der Waals surface area contributed by atoms with Crippen molar-refractivity contribution in [3.05, 3.63) is 11.3 Å². The highest BCUT2D eigenvalue weighted by Crippen LogP contribution is 2.47. The number of rotatable bonds is 0. The van der Waals surface area contributed by atoms with Crippen LogP contribution < -0.4 is 0 Å². The van der Waals surface area contributed by atoms with E-state index in [1.807, 2.05) is 0 Å². The maximum Gasteiger partial charge on any atom is 0.340 e. The van der Waals surface area contributed by atoms with Gasteiger partial charge in [-0.1, -0.05) is 0 Å². The van der Waals surface area contributed by atoms with Gasteiger partial charge in [0, 0.05) is 12.5 Å². The molecular weight excluding hydrogens is 157 g/mol. The van der Waals surface area contributed by atoms with Gasteiger partial charge in [0.25, 0.3) is 0 Å². The van der Waals surface area contributed by atoms with Crippen LogP contribution in [0.15, 0.2) is 11.3 Å². The van der Waals surface area contributed by atoms with E-state index >= 15 is 0 Å². The third-order valence-electron chi connectivity index (χ3n) is 1.90. The van der Waals surface area contributed by atoms with Gasteiger partial charge in [0.1, 0.15) is 5.76 Å². The number of ether oxygens (including phenoxy) is 1. The van der Waals surface area contributed by atoms with E-state index in [2.05, 4.69) is 4.74 Å². The molecule has 0 saturated carbocycles. The normalized spacial score (nSPS) is 35.8. The van der Waals surface area contributed by atoms with Gasteiger partial charge in [-0.25, -0.2) is 0 Å². The summed E-state index contributed by atoms with van der Waals surface area (Å²) < 4.78 is 42.8. The van der Waals surface area contributed by atoms with Crippen LogP contribution in [0.4, 0.5) is 13.2 Å². The summed E-state index contributed by atoms with van der Waals surface area (Å²) in [4.78, 5) is 0. The Morgan fingerprint density at radius 1 is 1.18 bits per heavy atom. The Bertz CT molecular complexity index is 218. The zero-order valence-electron chi connectivity index (χ0n) is 6.54. The molecule has 1 aliphatic rings. The van der Waals surface area contributed by atoms with E-state index in [0.717, 1.165) is 6.92 Å². The van der Waals surface area contributed by atoms with Crippen LogP contribution in [0, 0.1) is 0 Å². The Balaban J connectivity index is 3.08. The number of halogens is 3. The molecule has 0 fully saturated rings. The van der Waals surface area contributed by atoms with Crippen LogP contribution >= 0.6 is 0 Å². The Hall–Kier alpha value is -0.670. The molecule has 1 atom stereocenters. The number of allylic oxidation sites excluding steroid dienone is 1. The van der Waals surface area contributed by atoms with E-state index in [-0.39, 0.29) is 11.3 Å². The van der Waals surface area contributed by atoms with Crippen molar-refractivity contribution in [3.63, 3.8) is 0 Å². The average molecular weight is 166 g/mol. The lowest BCUT2D eigenvalue weighted by Crippen LogP contribution is -2.39. The van der Waals surface area contributed by atoms with Gasteiger partial charge in [-0.05, 0) is 13.8 Å². The summed E-state index contributed by atoms with van der Waals surface area (Å²) in [7, 11) is 0. The predicted octanol–water partition coefficient (Wildman–Crippen LogP) is 2.63. The van der Waals surface area contributed by atoms with Gasteiger partial charge >= 0.3 is 11.8 Å². The minimum absolute atomic E-state index is 0.0278. The molecule has 1 unspecified atom stereocenters. The minimum Gasteiger partial charge on any atom is -0.457 e. The second-order valence-corrected chi connectivity index (χ2v) is 2.77. The van der Waals surface area contributed by atoms with Crippen molar-refractivity contribution in [3.8, 4) is 0 Å². The van der Waals surface area contributed by atoms with E-state index in [4.69, 9.17) is 0 Å². The third-order valence-corrected chi connectivity index (χ3v) is 1.90. The first kappa shape index (κ1) is 8.43. The van der Waals surface area contributed by atoms with Gasteiger partial charge in [-0.15, -0.1) is 0 Å². The smallest absolute Gasteiger partial charge is 0.340 e. The van der Waals surface area contributed by atoms with Crippen molar-refractivity contribution in [2.24, 2.45) is 0 Å². The van der Waals surface area contributed by atoms with Crippen LogP contribution in [-0.4, -0.2) is 11.8 Å². The first-order valence-electron chi connectivity index (χ1n) is 3.23. The van der Waals surface area contributed by atoms with Crippen LogP contribution in [0.5, 0.6) is 0 Å². The van der Waals surface area contributed by atoms with Crippen LogP contribution in [0.3, 0.4) is 0 Å². The fourth-order valence-electron chi connectivity index (χ4n) is 0.984. The Morgan fingerprint density at radius 3 is 1.73 bits per heavy atom. The Kier molecular flexibility index (Phi) is 1.48. The molecule has 0 aromatic rings. The summed E-state index contributed by atoms with van der Waals surface area (Å²) in [6, 6.07) is 0. The first-order chi connectivity index (χ1) is 4.79. The largest absolute Gasteiger partial charge is 0.457 e. The second kappa shape index (κ2) is 1.93. The monoisotopic (exact) mass is 166 g/mol.